The predicted octanol–water partition coefficient (Wildman–Crippen LogP) is 3.66. The molecule has 1 amide bonds. The molecule has 0 spiro atoms. The minimum atomic E-state index is -2.43. The van der Waals surface area contributed by atoms with Crippen LogP contribution in [0.5, 0.6) is 5.75 Å². The first-order valence-corrected chi connectivity index (χ1v) is 9.03. The molecule has 2 heterocycles. The van der Waals surface area contributed by atoms with Crippen molar-refractivity contribution in [2.24, 2.45) is 10.7 Å². The standard InChI is InChI=1S/C20H20F4N4O2/c1-19(5-6-20(24,10-21)18(25)28-19)13-7-11(8-14(22)16(13)23)27-17(29)15-4-3-12(30-2)9-26-15/h3-4,7-9H,5-6,10H2,1-2H3,(H2,25,28)(H,27,29)/t19-,20-/m0/s1. The van der Waals surface area contributed by atoms with E-state index in [1.165, 1.54) is 38.4 Å². The molecule has 1 aliphatic heterocycles. The zero-order chi connectivity index (χ0) is 22.1. The number of methoxy groups -OCH3 is 1. The third-order valence-corrected chi connectivity index (χ3v) is 5.12. The maximum absolute atomic E-state index is 14.6. The summed E-state index contributed by atoms with van der Waals surface area (Å²) in [6.45, 7) is 0.0758. The van der Waals surface area contributed by atoms with Crippen LogP contribution in [0.1, 0.15) is 35.8 Å². The molecule has 2 aromatic rings. The number of aromatic nitrogens is 1. The van der Waals surface area contributed by atoms with Crippen molar-refractivity contribution in [2.75, 3.05) is 19.1 Å². The van der Waals surface area contributed by atoms with Gasteiger partial charge in [-0.05, 0) is 38.0 Å². The SMILES string of the molecule is COc1ccc(C(=O)Nc2cc(F)c(F)c([C@]3(C)CC[C@](F)(CF)C(N)=N3)c2)nc1. The van der Waals surface area contributed by atoms with E-state index < -0.39 is 41.3 Å². The van der Waals surface area contributed by atoms with Crippen LogP contribution < -0.4 is 15.8 Å². The highest BCUT2D eigenvalue weighted by atomic mass is 19.2. The molecule has 0 unspecified atom stereocenters. The van der Waals surface area contributed by atoms with Gasteiger partial charge < -0.3 is 15.8 Å². The first-order valence-electron chi connectivity index (χ1n) is 9.03. The average Bonchev–Trinajstić information content (AvgIpc) is 2.73. The quantitative estimate of drug-likeness (QED) is 0.717. The number of benzene rings is 1. The first-order chi connectivity index (χ1) is 14.1. The largest absolute Gasteiger partial charge is 0.495 e. The minimum absolute atomic E-state index is 0.0263. The average molecular weight is 424 g/mol. The van der Waals surface area contributed by atoms with E-state index >= 15 is 0 Å². The molecule has 1 aromatic carbocycles. The van der Waals surface area contributed by atoms with Crippen molar-refractivity contribution in [3.63, 3.8) is 0 Å². The molecule has 0 saturated carbocycles. The number of carbonyl (C=O) groups is 1. The van der Waals surface area contributed by atoms with Crippen LogP contribution in [0.25, 0.3) is 0 Å². The Hall–Kier alpha value is -3.17. The van der Waals surface area contributed by atoms with Gasteiger partial charge in [-0.1, -0.05) is 0 Å². The van der Waals surface area contributed by atoms with E-state index in [4.69, 9.17) is 10.5 Å². The highest BCUT2D eigenvalue weighted by molar-refractivity contribution is 6.03. The normalized spacial score (nSPS) is 23.6. The topological polar surface area (TPSA) is 89.6 Å². The molecule has 1 aromatic heterocycles. The molecule has 30 heavy (non-hydrogen) atoms. The number of hydrogen-bond donors (Lipinski definition) is 2. The van der Waals surface area contributed by atoms with Crippen molar-refractivity contribution in [3.05, 3.63) is 53.4 Å². The van der Waals surface area contributed by atoms with E-state index in [1.54, 1.807) is 0 Å². The van der Waals surface area contributed by atoms with E-state index in [-0.39, 0.29) is 29.8 Å². The van der Waals surface area contributed by atoms with Gasteiger partial charge in [0.1, 0.15) is 24.0 Å². The van der Waals surface area contributed by atoms with Crippen LogP contribution in [0, 0.1) is 11.6 Å². The molecule has 0 fully saturated rings. The Kier molecular flexibility index (Phi) is 5.69. The highest BCUT2D eigenvalue weighted by Crippen LogP contribution is 2.41. The molecule has 0 aliphatic carbocycles. The number of amidine groups is 1. The number of anilines is 1. The fourth-order valence-electron chi connectivity index (χ4n) is 3.21. The van der Waals surface area contributed by atoms with E-state index in [0.29, 0.717) is 5.75 Å². The van der Waals surface area contributed by atoms with Crippen LogP contribution in [0.3, 0.4) is 0 Å². The Morgan fingerprint density at radius 1 is 1.30 bits per heavy atom. The fourth-order valence-corrected chi connectivity index (χ4v) is 3.21. The van der Waals surface area contributed by atoms with Gasteiger partial charge in [-0.3, -0.25) is 9.79 Å². The number of carbonyl (C=O) groups excluding carboxylic acids is 1. The van der Waals surface area contributed by atoms with Crippen LogP contribution >= 0.6 is 0 Å². The zero-order valence-corrected chi connectivity index (χ0v) is 16.3. The molecule has 3 N–H and O–H groups in total. The van der Waals surface area contributed by atoms with Gasteiger partial charge in [-0.2, -0.15) is 0 Å². The van der Waals surface area contributed by atoms with Gasteiger partial charge in [0, 0.05) is 17.3 Å². The van der Waals surface area contributed by atoms with Crippen molar-refractivity contribution in [2.45, 2.75) is 31.0 Å². The Balaban J connectivity index is 1.93. The van der Waals surface area contributed by atoms with Gasteiger partial charge in [-0.25, -0.2) is 22.5 Å². The van der Waals surface area contributed by atoms with Gasteiger partial charge in [0.2, 0.25) is 0 Å². The molecule has 160 valence electrons. The van der Waals surface area contributed by atoms with Gasteiger partial charge in [0.15, 0.2) is 17.3 Å². The molecule has 1 aliphatic rings. The van der Waals surface area contributed by atoms with Gasteiger partial charge in [0.25, 0.3) is 5.91 Å². The lowest BCUT2D eigenvalue weighted by Crippen LogP contribution is -2.48. The number of ether oxygens (including phenoxy) is 1. The number of alkyl halides is 2. The summed E-state index contributed by atoms with van der Waals surface area (Å²) in [4.78, 5) is 20.3. The lowest BCUT2D eigenvalue weighted by molar-refractivity contribution is 0.102. The van der Waals surface area contributed by atoms with Crippen molar-refractivity contribution >= 4 is 17.4 Å². The number of nitrogens with one attached hydrogen (secondary N) is 1. The molecular weight excluding hydrogens is 404 g/mol. The number of aliphatic imine (C=N–C) groups is 1. The smallest absolute Gasteiger partial charge is 0.274 e. The third-order valence-electron chi connectivity index (χ3n) is 5.12. The Morgan fingerprint density at radius 3 is 2.60 bits per heavy atom. The first kappa shape index (κ1) is 21.5. The lowest BCUT2D eigenvalue weighted by atomic mass is 9.80. The third kappa shape index (κ3) is 3.94. The molecular formula is C20H20F4N4O2. The molecule has 0 bridgehead atoms. The molecule has 3 rings (SSSR count). The van der Waals surface area contributed by atoms with Crippen LogP contribution in [0.4, 0.5) is 23.2 Å². The van der Waals surface area contributed by atoms with E-state index in [0.717, 1.165) is 6.07 Å². The second-order valence-electron chi connectivity index (χ2n) is 7.23. The number of rotatable bonds is 5. The van der Waals surface area contributed by atoms with Crippen LogP contribution in [-0.2, 0) is 5.54 Å². The second-order valence-corrected chi connectivity index (χ2v) is 7.23. The second kappa shape index (κ2) is 7.92. The molecule has 6 nitrogen and oxygen atoms in total. The van der Waals surface area contributed by atoms with Crippen LogP contribution in [0.15, 0.2) is 35.5 Å². The fraction of sp³-hybridized carbons (Fsp3) is 0.350. The highest BCUT2D eigenvalue weighted by Gasteiger charge is 2.45. The summed E-state index contributed by atoms with van der Waals surface area (Å²) >= 11 is 0. The summed E-state index contributed by atoms with van der Waals surface area (Å²) in [7, 11) is 1.45. The summed E-state index contributed by atoms with van der Waals surface area (Å²) in [6, 6.07) is 4.92. The summed E-state index contributed by atoms with van der Waals surface area (Å²) in [5.41, 5.74) is 1.45. The Bertz CT molecular complexity index is 999. The number of pyridine rings is 1. The van der Waals surface area contributed by atoms with Crippen molar-refractivity contribution in [1.29, 1.82) is 0 Å². The van der Waals surface area contributed by atoms with Crippen LogP contribution in [-0.4, -0.2) is 36.2 Å². The monoisotopic (exact) mass is 424 g/mol. The van der Waals surface area contributed by atoms with E-state index in [9.17, 15) is 22.4 Å². The summed E-state index contributed by atoms with van der Waals surface area (Å²) in [5, 5.41) is 2.44. The Morgan fingerprint density at radius 2 is 2.03 bits per heavy atom. The molecule has 10 heteroatoms. The van der Waals surface area contributed by atoms with Crippen molar-refractivity contribution in [1.82, 2.24) is 4.98 Å². The maximum atomic E-state index is 14.6. The number of amides is 1. The number of halogens is 4. The van der Waals surface area contributed by atoms with Crippen molar-refractivity contribution in [3.8, 4) is 5.75 Å². The van der Waals surface area contributed by atoms with E-state index in [2.05, 4.69) is 15.3 Å². The van der Waals surface area contributed by atoms with Gasteiger partial charge >= 0.3 is 0 Å². The Labute approximate surface area is 170 Å². The molecule has 0 saturated heterocycles. The minimum Gasteiger partial charge on any atom is -0.495 e. The van der Waals surface area contributed by atoms with Crippen molar-refractivity contribution < 1.29 is 27.1 Å². The molecule has 0 radical (unpaired) electrons. The maximum Gasteiger partial charge on any atom is 0.274 e. The number of nitrogens with zero attached hydrogens (tertiary/aromatic N) is 2. The summed E-state index contributed by atoms with van der Waals surface area (Å²) in [6.07, 6.45) is 0.880. The van der Waals surface area contributed by atoms with Crippen LogP contribution in [0.2, 0.25) is 0 Å². The van der Waals surface area contributed by atoms with E-state index in [1.807, 2.05) is 0 Å². The predicted molar refractivity (Wildman–Crippen MR) is 103 cm³/mol. The van der Waals surface area contributed by atoms with Gasteiger partial charge in [-0.15, -0.1) is 0 Å². The number of hydrogen-bond acceptors (Lipinski definition) is 5. The molecule has 2 atom stereocenters. The number of nitrogens with two attached hydrogens (primary N) is 1. The summed E-state index contributed by atoms with van der Waals surface area (Å²) < 4.78 is 61.1. The zero-order valence-electron chi connectivity index (χ0n) is 16.3. The summed E-state index contributed by atoms with van der Waals surface area (Å²) in [5.74, 6) is -3.27. The lowest BCUT2D eigenvalue weighted by Gasteiger charge is -2.36. The van der Waals surface area contributed by atoms with Gasteiger partial charge in [0.05, 0.1) is 18.8 Å².